The molecule has 2 heterocycles. The Kier molecular flexibility index (Phi) is 6.67. The molecule has 2 aliphatic rings. The maximum atomic E-state index is 12.6. The largest absolute Gasteiger partial charge is 0.373 e. The summed E-state index contributed by atoms with van der Waals surface area (Å²) in [5, 5.41) is 3.04. The zero-order valence-electron chi connectivity index (χ0n) is 17.1. The van der Waals surface area contributed by atoms with Crippen molar-refractivity contribution in [1.82, 2.24) is 4.90 Å². The Morgan fingerprint density at radius 1 is 0.897 bits per heavy atom. The van der Waals surface area contributed by atoms with Crippen molar-refractivity contribution in [2.75, 3.05) is 36.4 Å². The Bertz CT molecular complexity index is 764. The molecule has 2 aliphatic heterocycles. The van der Waals surface area contributed by atoms with Gasteiger partial charge >= 0.3 is 6.03 Å². The van der Waals surface area contributed by atoms with Gasteiger partial charge in [-0.25, -0.2) is 4.79 Å². The summed E-state index contributed by atoms with van der Waals surface area (Å²) in [6.07, 6.45) is 5.86. The summed E-state index contributed by atoms with van der Waals surface area (Å²) >= 11 is 0. The average Bonchev–Trinajstić information content (AvgIpc) is 2.80. The molecule has 154 valence electrons. The van der Waals surface area contributed by atoms with Gasteiger partial charge in [0.1, 0.15) is 0 Å². The quantitative estimate of drug-likeness (QED) is 0.787. The third-order valence-electron chi connectivity index (χ3n) is 5.90. The van der Waals surface area contributed by atoms with Crippen LogP contribution in [0.3, 0.4) is 0 Å². The van der Waals surface area contributed by atoms with Gasteiger partial charge in [0, 0.05) is 37.6 Å². The average molecular weight is 394 g/mol. The number of rotatable bonds is 5. The summed E-state index contributed by atoms with van der Waals surface area (Å²) in [5.41, 5.74) is 3.30. The first-order chi connectivity index (χ1) is 14.3. The fourth-order valence-electron chi connectivity index (χ4n) is 4.12. The van der Waals surface area contributed by atoms with Crippen molar-refractivity contribution in [3.05, 3.63) is 60.2 Å². The van der Waals surface area contributed by atoms with E-state index in [1.165, 1.54) is 30.5 Å². The molecule has 0 aliphatic carbocycles. The molecule has 0 spiro atoms. The number of piperidine rings is 2. The van der Waals surface area contributed by atoms with Crippen molar-refractivity contribution in [2.24, 2.45) is 0 Å². The van der Waals surface area contributed by atoms with Gasteiger partial charge in [0.05, 0.1) is 12.7 Å². The first-order valence-corrected chi connectivity index (χ1v) is 10.8. The number of nitrogens with one attached hydrogen (secondary N) is 1. The lowest BCUT2D eigenvalue weighted by atomic mass is 10.1. The maximum absolute atomic E-state index is 12.6. The van der Waals surface area contributed by atoms with Gasteiger partial charge < -0.3 is 19.9 Å². The highest BCUT2D eigenvalue weighted by Crippen LogP contribution is 2.22. The van der Waals surface area contributed by atoms with Gasteiger partial charge in [-0.05, 0) is 61.9 Å². The van der Waals surface area contributed by atoms with Crippen LogP contribution in [0.25, 0.3) is 0 Å². The molecule has 5 heteroatoms. The highest BCUT2D eigenvalue weighted by atomic mass is 16.5. The Morgan fingerprint density at radius 3 is 2.28 bits per heavy atom. The maximum Gasteiger partial charge on any atom is 0.321 e. The summed E-state index contributed by atoms with van der Waals surface area (Å²) in [7, 11) is 0. The minimum atomic E-state index is -0.0165. The van der Waals surface area contributed by atoms with Crippen LogP contribution in [0.4, 0.5) is 16.2 Å². The Hall–Kier alpha value is -2.53. The van der Waals surface area contributed by atoms with Gasteiger partial charge in [0.2, 0.25) is 0 Å². The Labute approximate surface area is 173 Å². The molecule has 0 unspecified atom stereocenters. The number of carbonyl (C=O) groups is 1. The number of hydrogen-bond acceptors (Lipinski definition) is 3. The lowest BCUT2D eigenvalue weighted by Crippen LogP contribution is -2.43. The number of urea groups is 1. The van der Waals surface area contributed by atoms with Gasteiger partial charge in [-0.1, -0.05) is 30.3 Å². The van der Waals surface area contributed by atoms with E-state index in [0.717, 1.165) is 44.7 Å². The molecule has 2 amide bonds. The number of ether oxygens (including phenoxy) is 1. The van der Waals surface area contributed by atoms with Crippen LogP contribution in [0.2, 0.25) is 0 Å². The van der Waals surface area contributed by atoms with Crippen LogP contribution in [-0.2, 0) is 11.3 Å². The lowest BCUT2D eigenvalue weighted by Gasteiger charge is -2.32. The van der Waals surface area contributed by atoms with Crippen LogP contribution < -0.4 is 10.2 Å². The van der Waals surface area contributed by atoms with E-state index < -0.39 is 0 Å². The van der Waals surface area contributed by atoms with Gasteiger partial charge in [-0.15, -0.1) is 0 Å². The van der Waals surface area contributed by atoms with Gasteiger partial charge in [-0.2, -0.15) is 0 Å². The van der Waals surface area contributed by atoms with Crippen molar-refractivity contribution in [3.63, 3.8) is 0 Å². The van der Waals surface area contributed by atoms with Crippen LogP contribution >= 0.6 is 0 Å². The SMILES string of the molecule is O=C(Nc1ccc(N2CCCCC2)cc1)N1CCC(OCc2ccccc2)CC1. The second-order valence-corrected chi connectivity index (χ2v) is 8.01. The number of amides is 2. The standard InChI is InChI=1S/C24H31N3O2/c28-24(25-21-9-11-22(12-10-21)26-15-5-2-6-16-26)27-17-13-23(14-18-27)29-19-20-7-3-1-4-8-20/h1,3-4,7-12,23H,2,5-6,13-19H2,(H,25,28). The second-order valence-electron chi connectivity index (χ2n) is 8.01. The summed E-state index contributed by atoms with van der Waals surface area (Å²) in [5.74, 6) is 0. The van der Waals surface area contributed by atoms with Crippen LogP contribution in [0.5, 0.6) is 0 Å². The minimum absolute atomic E-state index is 0.0165. The van der Waals surface area contributed by atoms with Crippen LogP contribution in [-0.4, -0.2) is 43.2 Å². The Morgan fingerprint density at radius 2 is 1.59 bits per heavy atom. The molecule has 2 aromatic rings. The normalized spacial score (nSPS) is 17.9. The fourth-order valence-corrected chi connectivity index (χ4v) is 4.12. The zero-order chi connectivity index (χ0) is 19.9. The zero-order valence-corrected chi connectivity index (χ0v) is 17.1. The molecule has 0 radical (unpaired) electrons. The molecule has 0 saturated carbocycles. The van der Waals surface area contributed by atoms with Crippen molar-refractivity contribution in [1.29, 1.82) is 0 Å². The molecule has 2 saturated heterocycles. The van der Waals surface area contributed by atoms with E-state index >= 15 is 0 Å². The van der Waals surface area contributed by atoms with Gasteiger partial charge in [-0.3, -0.25) is 0 Å². The highest BCUT2D eigenvalue weighted by molar-refractivity contribution is 5.89. The Balaban J connectivity index is 1.21. The summed E-state index contributed by atoms with van der Waals surface area (Å²) in [6.45, 7) is 4.37. The molecular formula is C24H31N3O2. The molecule has 2 fully saturated rings. The number of anilines is 2. The number of carbonyl (C=O) groups excluding carboxylic acids is 1. The molecule has 1 N–H and O–H groups in total. The van der Waals surface area contributed by atoms with Crippen LogP contribution in [0.1, 0.15) is 37.7 Å². The smallest absolute Gasteiger partial charge is 0.321 e. The number of nitrogens with zero attached hydrogens (tertiary/aromatic N) is 2. The number of benzene rings is 2. The third-order valence-corrected chi connectivity index (χ3v) is 5.90. The molecule has 2 aromatic carbocycles. The van der Waals surface area contributed by atoms with Crippen molar-refractivity contribution >= 4 is 17.4 Å². The van der Waals surface area contributed by atoms with Crippen molar-refractivity contribution < 1.29 is 9.53 Å². The molecule has 0 aromatic heterocycles. The fraction of sp³-hybridized carbons (Fsp3) is 0.458. The third kappa shape index (κ3) is 5.51. The van der Waals surface area contributed by atoms with E-state index in [-0.39, 0.29) is 12.1 Å². The van der Waals surface area contributed by atoms with E-state index in [9.17, 15) is 4.79 Å². The van der Waals surface area contributed by atoms with Crippen molar-refractivity contribution in [2.45, 2.75) is 44.8 Å². The minimum Gasteiger partial charge on any atom is -0.373 e. The summed E-state index contributed by atoms with van der Waals surface area (Å²) in [4.78, 5) is 16.9. The van der Waals surface area contributed by atoms with Gasteiger partial charge in [0.25, 0.3) is 0 Å². The lowest BCUT2D eigenvalue weighted by molar-refractivity contribution is 0.00540. The van der Waals surface area contributed by atoms with E-state index in [2.05, 4.69) is 34.5 Å². The second kappa shape index (κ2) is 9.79. The predicted molar refractivity (Wildman–Crippen MR) is 117 cm³/mol. The van der Waals surface area contributed by atoms with E-state index in [1.807, 2.05) is 35.2 Å². The van der Waals surface area contributed by atoms with E-state index in [0.29, 0.717) is 6.61 Å². The number of hydrogen-bond donors (Lipinski definition) is 1. The van der Waals surface area contributed by atoms with Gasteiger partial charge in [0.15, 0.2) is 0 Å². The summed E-state index contributed by atoms with van der Waals surface area (Å²) in [6, 6.07) is 18.5. The first kappa shape index (κ1) is 19.8. The highest BCUT2D eigenvalue weighted by Gasteiger charge is 2.23. The van der Waals surface area contributed by atoms with Crippen LogP contribution in [0, 0.1) is 0 Å². The van der Waals surface area contributed by atoms with E-state index in [1.54, 1.807) is 0 Å². The molecule has 4 rings (SSSR count). The van der Waals surface area contributed by atoms with Crippen LogP contribution in [0.15, 0.2) is 54.6 Å². The number of likely N-dealkylation sites (tertiary alicyclic amines) is 1. The molecule has 0 bridgehead atoms. The molecule has 29 heavy (non-hydrogen) atoms. The molecule has 5 nitrogen and oxygen atoms in total. The molecular weight excluding hydrogens is 362 g/mol. The topological polar surface area (TPSA) is 44.8 Å². The van der Waals surface area contributed by atoms with Crippen molar-refractivity contribution in [3.8, 4) is 0 Å². The first-order valence-electron chi connectivity index (χ1n) is 10.8. The monoisotopic (exact) mass is 393 g/mol. The molecule has 0 atom stereocenters. The predicted octanol–water partition coefficient (Wildman–Crippen LogP) is 4.89. The summed E-state index contributed by atoms with van der Waals surface area (Å²) < 4.78 is 6.02. The van der Waals surface area contributed by atoms with E-state index in [4.69, 9.17) is 4.74 Å².